The molecule has 0 aliphatic carbocycles. The predicted octanol–water partition coefficient (Wildman–Crippen LogP) is 4.38. The zero-order chi connectivity index (χ0) is 17.9. The third-order valence-corrected chi connectivity index (χ3v) is 3.96. The number of thioether (sulfide) groups is 1. The maximum absolute atomic E-state index is 13.3. The van der Waals surface area contributed by atoms with E-state index in [2.05, 4.69) is 4.98 Å². The Morgan fingerprint density at radius 3 is 2.29 bits per heavy atom. The highest BCUT2D eigenvalue weighted by Gasteiger charge is 2.36. The molecule has 0 aliphatic heterocycles. The molecule has 4 nitrogen and oxygen atoms in total. The Labute approximate surface area is 141 Å². The number of halogens is 3. The van der Waals surface area contributed by atoms with Crippen molar-refractivity contribution in [3.63, 3.8) is 0 Å². The zero-order valence-corrected chi connectivity index (χ0v) is 13.9. The lowest BCUT2D eigenvalue weighted by Gasteiger charge is -2.14. The number of methoxy groups -OCH3 is 2. The average Bonchev–Trinajstić information content (AvgIpc) is 2.58. The van der Waals surface area contributed by atoms with Gasteiger partial charge in [0.1, 0.15) is 11.1 Å². The maximum atomic E-state index is 13.3. The van der Waals surface area contributed by atoms with E-state index in [4.69, 9.17) is 14.7 Å². The lowest BCUT2D eigenvalue weighted by Crippen LogP contribution is -2.10. The van der Waals surface area contributed by atoms with Gasteiger partial charge in [0.25, 0.3) is 0 Å². The van der Waals surface area contributed by atoms with Crippen LogP contribution in [0.15, 0.2) is 29.3 Å². The Balaban J connectivity index is 2.70. The van der Waals surface area contributed by atoms with E-state index >= 15 is 0 Å². The van der Waals surface area contributed by atoms with Gasteiger partial charge in [0, 0.05) is 5.56 Å². The minimum Gasteiger partial charge on any atom is -0.493 e. The first kappa shape index (κ1) is 17.9. The molecule has 0 fully saturated rings. The Morgan fingerprint density at radius 2 is 1.79 bits per heavy atom. The van der Waals surface area contributed by atoms with Crippen LogP contribution in [0.2, 0.25) is 0 Å². The van der Waals surface area contributed by atoms with Gasteiger partial charge in [-0.25, -0.2) is 4.98 Å². The lowest BCUT2D eigenvalue weighted by atomic mass is 10.0. The Bertz CT molecular complexity index is 801. The lowest BCUT2D eigenvalue weighted by molar-refractivity contribution is -0.138. The average molecular weight is 354 g/mol. The van der Waals surface area contributed by atoms with Crippen molar-refractivity contribution in [2.75, 3.05) is 20.5 Å². The van der Waals surface area contributed by atoms with Crippen molar-refractivity contribution in [1.82, 2.24) is 4.98 Å². The smallest absolute Gasteiger partial charge is 0.417 e. The highest BCUT2D eigenvalue weighted by molar-refractivity contribution is 7.98. The van der Waals surface area contributed by atoms with E-state index in [9.17, 15) is 13.2 Å². The number of aromatic nitrogens is 1. The number of nitrogens with zero attached hydrogens (tertiary/aromatic N) is 2. The number of pyridine rings is 1. The maximum Gasteiger partial charge on any atom is 0.417 e. The number of ether oxygens (including phenoxy) is 2. The second-order valence-electron chi connectivity index (χ2n) is 4.62. The summed E-state index contributed by atoms with van der Waals surface area (Å²) in [6.45, 7) is 0. The molecule has 2 rings (SSSR count). The normalized spacial score (nSPS) is 11.0. The van der Waals surface area contributed by atoms with Gasteiger partial charge in [0.2, 0.25) is 0 Å². The van der Waals surface area contributed by atoms with Crippen LogP contribution in [0.1, 0.15) is 11.1 Å². The molecule has 0 saturated carbocycles. The fourth-order valence-electron chi connectivity index (χ4n) is 2.14. The molecule has 0 unspecified atom stereocenters. The zero-order valence-electron chi connectivity index (χ0n) is 13.1. The summed E-state index contributed by atoms with van der Waals surface area (Å²) in [4.78, 5) is 4.18. The van der Waals surface area contributed by atoms with E-state index in [1.165, 1.54) is 20.3 Å². The Kier molecular flexibility index (Phi) is 5.24. The third kappa shape index (κ3) is 3.41. The molecule has 2 aromatic rings. The van der Waals surface area contributed by atoms with Gasteiger partial charge in [0.05, 0.1) is 31.0 Å². The minimum atomic E-state index is -4.65. The first-order valence-electron chi connectivity index (χ1n) is 6.64. The largest absolute Gasteiger partial charge is 0.493 e. The number of nitriles is 1. The summed E-state index contributed by atoms with van der Waals surface area (Å²) in [7, 11) is 2.90. The molecule has 8 heteroatoms. The molecule has 1 aromatic heterocycles. The van der Waals surface area contributed by atoms with E-state index in [0.29, 0.717) is 17.1 Å². The van der Waals surface area contributed by atoms with E-state index < -0.39 is 17.3 Å². The number of hydrogen-bond donors (Lipinski definition) is 0. The quantitative estimate of drug-likeness (QED) is 0.763. The number of benzene rings is 1. The summed E-state index contributed by atoms with van der Waals surface area (Å²) in [5, 5.41) is 9.09. The number of alkyl halides is 3. The van der Waals surface area contributed by atoms with Crippen LogP contribution < -0.4 is 9.47 Å². The van der Waals surface area contributed by atoms with E-state index in [-0.39, 0.29) is 10.7 Å². The van der Waals surface area contributed by atoms with E-state index in [1.807, 2.05) is 0 Å². The molecule has 0 N–H and O–H groups in total. The molecular formula is C16H13F3N2O2S. The van der Waals surface area contributed by atoms with Crippen molar-refractivity contribution in [2.45, 2.75) is 11.2 Å². The van der Waals surface area contributed by atoms with Crippen molar-refractivity contribution in [3.05, 3.63) is 35.4 Å². The second-order valence-corrected chi connectivity index (χ2v) is 5.41. The second kappa shape index (κ2) is 7.01. The van der Waals surface area contributed by atoms with Gasteiger partial charge in [-0.1, -0.05) is 0 Å². The third-order valence-electron chi connectivity index (χ3n) is 3.28. The first-order valence-corrected chi connectivity index (χ1v) is 7.87. The van der Waals surface area contributed by atoms with Gasteiger partial charge in [-0.3, -0.25) is 0 Å². The standard InChI is InChI=1S/C16H13F3N2O2S/c1-22-13-5-4-9(6-14(13)23-2)12-7-11(16(17,18)19)10(8-20)15(21-12)24-3/h4-7H,1-3H3. The molecule has 0 amide bonds. The van der Waals surface area contributed by atoms with Gasteiger partial charge in [-0.15, -0.1) is 11.8 Å². The van der Waals surface area contributed by atoms with Crippen LogP contribution in [0.25, 0.3) is 11.3 Å². The molecule has 0 bridgehead atoms. The molecule has 0 radical (unpaired) electrons. The minimum absolute atomic E-state index is 0.0251. The molecule has 0 atom stereocenters. The van der Waals surface area contributed by atoms with Gasteiger partial charge < -0.3 is 9.47 Å². The van der Waals surface area contributed by atoms with Gasteiger partial charge in [0.15, 0.2) is 11.5 Å². The molecule has 1 aromatic carbocycles. The van der Waals surface area contributed by atoms with Crippen molar-refractivity contribution < 1.29 is 22.6 Å². The summed E-state index contributed by atoms with van der Waals surface area (Å²) in [5.74, 6) is 0.830. The SMILES string of the molecule is COc1ccc(-c2cc(C(F)(F)F)c(C#N)c(SC)n2)cc1OC. The Hall–Kier alpha value is -2.40. The number of rotatable bonds is 4. The molecule has 24 heavy (non-hydrogen) atoms. The first-order chi connectivity index (χ1) is 11.3. The summed E-state index contributed by atoms with van der Waals surface area (Å²) in [5.41, 5.74) is -0.946. The number of hydrogen-bond acceptors (Lipinski definition) is 5. The summed E-state index contributed by atoms with van der Waals surface area (Å²) in [6, 6.07) is 7.17. The molecule has 0 saturated heterocycles. The van der Waals surface area contributed by atoms with Crippen LogP contribution in [-0.2, 0) is 6.18 Å². The van der Waals surface area contributed by atoms with Gasteiger partial charge >= 0.3 is 6.18 Å². The van der Waals surface area contributed by atoms with Crippen molar-refractivity contribution in [1.29, 1.82) is 5.26 Å². The van der Waals surface area contributed by atoms with Crippen molar-refractivity contribution in [2.24, 2.45) is 0 Å². The summed E-state index contributed by atoms with van der Waals surface area (Å²) < 4.78 is 50.1. The van der Waals surface area contributed by atoms with E-state index in [1.54, 1.807) is 24.5 Å². The summed E-state index contributed by atoms with van der Waals surface area (Å²) >= 11 is 0.987. The van der Waals surface area contributed by atoms with Crippen LogP contribution in [0.5, 0.6) is 11.5 Å². The van der Waals surface area contributed by atoms with Crippen LogP contribution in [-0.4, -0.2) is 25.5 Å². The molecule has 126 valence electrons. The predicted molar refractivity (Wildman–Crippen MR) is 84.3 cm³/mol. The fraction of sp³-hybridized carbons (Fsp3) is 0.250. The van der Waals surface area contributed by atoms with Crippen LogP contribution >= 0.6 is 11.8 Å². The monoisotopic (exact) mass is 354 g/mol. The van der Waals surface area contributed by atoms with Gasteiger partial charge in [-0.2, -0.15) is 18.4 Å². The van der Waals surface area contributed by atoms with E-state index in [0.717, 1.165) is 17.8 Å². The van der Waals surface area contributed by atoms with Crippen LogP contribution in [0, 0.1) is 11.3 Å². The van der Waals surface area contributed by atoms with Crippen molar-refractivity contribution in [3.8, 4) is 28.8 Å². The van der Waals surface area contributed by atoms with Crippen molar-refractivity contribution >= 4 is 11.8 Å². The highest BCUT2D eigenvalue weighted by atomic mass is 32.2. The summed E-state index contributed by atoms with van der Waals surface area (Å²) in [6.07, 6.45) is -3.08. The topological polar surface area (TPSA) is 55.1 Å². The van der Waals surface area contributed by atoms with Gasteiger partial charge in [-0.05, 0) is 30.5 Å². The molecular weight excluding hydrogens is 341 g/mol. The molecule has 1 heterocycles. The Morgan fingerprint density at radius 1 is 1.12 bits per heavy atom. The highest BCUT2D eigenvalue weighted by Crippen LogP contribution is 2.39. The molecule has 0 aliphatic rings. The fourth-order valence-corrected chi connectivity index (χ4v) is 2.69. The molecule has 0 spiro atoms. The van der Waals surface area contributed by atoms with Crippen LogP contribution in [0.4, 0.5) is 13.2 Å². The van der Waals surface area contributed by atoms with Crippen LogP contribution in [0.3, 0.4) is 0 Å².